The zero-order chi connectivity index (χ0) is 14.1. The number of hydrogen-bond acceptors (Lipinski definition) is 2. The van der Waals surface area contributed by atoms with Crippen LogP contribution in [0.15, 0.2) is 29.8 Å². The van der Waals surface area contributed by atoms with Crippen LogP contribution < -0.4 is 4.74 Å². The minimum absolute atomic E-state index is 0.546. The van der Waals surface area contributed by atoms with Crippen LogP contribution in [0.3, 0.4) is 0 Å². The zero-order valence-corrected chi connectivity index (χ0v) is 12.3. The number of ether oxygens (including phenoxy) is 1. The van der Waals surface area contributed by atoms with Gasteiger partial charge in [0.2, 0.25) is 0 Å². The third kappa shape index (κ3) is 4.96. The fraction of sp³-hybridized carbons (Fsp3) is 0.438. The van der Waals surface area contributed by atoms with E-state index in [0.717, 1.165) is 37.2 Å². The Kier molecular flexibility index (Phi) is 7.07. The van der Waals surface area contributed by atoms with Gasteiger partial charge in [-0.05, 0) is 42.7 Å². The second-order valence-corrected chi connectivity index (χ2v) is 4.76. The Balaban J connectivity index is 2.78. The van der Waals surface area contributed by atoms with Crippen molar-refractivity contribution in [3.8, 4) is 11.8 Å². The monoisotopic (exact) mass is 277 g/mol. The molecule has 0 aliphatic rings. The van der Waals surface area contributed by atoms with Crippen LogP contribution in [0.1, 0.15) is 45.1 Å². The van der Waals surface area contributed by atoms with Gasteiger partial charge in [0.15, 0.2) is 0 Å². The van der Waals surface area contributed by atoms with Crippen molar-refractivity contribution >= 4 is 16.6 Å². The highest BCUT2D eigenvalue weighted by Crippen LogP contribution is 2.27. The van der Waals surface area contributed by atoms with Gasteiger partial charge in [0.1, 0.15) is 5.75 Å². The Hall–Kier alpha value is -1.46. The molecule has 1 aromatic carbocycles. The molecule has 0 bridgehead atoms. The topological polar surface area (TPSA) is 33.0 Å². The maximum atomic E-state index is 9.07. The van der Waals surface area contributed by atoms with Crippen molar-refractivity contribution in [3.63, 3.8) is 0 Å². The molecule has 0 aliphatic carbocycles. The molecule has 0 radical (unpaired) electrons. The van der Waals surface area contributed by atoms with E-state index in [1.165, 1.54) is 0 Å². The number of allylic oxidation sites excluding steroid dienone is 1. The normalized spacial score (nSPS) is 11.7. The largest absolute Gasteiger partial charge is 0.494 e. The van der Waals surface area contributed by atoms with Crippen molar-refractivity contribution in [2.24, 2.45) is 0 Å². The summed E-state index contributed by atoms with van der Waals surface area (Å²) in [6.07, 6.45) is 3.80. The first-order chi connectivity index (χ1) is 9.22. The zero-order valence-electron chi connectivity index (χ0n) is 11.6. The fourth-order valence-electron chi connectivity index (χ4n) is 1.67. The molecule has 1 rings (SSSR count). The molecule has 0 amide bonds. The molecule has 0 N–H and O–H groups in total. The first-order valence-electron chi connectivity index (χ1n) is 6.74. The second-order valence-electron chi connectivity index (χ2n) is 4.38. The Morgan fingerprint density at radius 1 is 1.21 bits per heavy atom. The highest BCUT2D eigenvalue weighted by atomic mass is 35.5. The van der Waals surface area contributed by atoms with E-state index in [2.05, 4.69) is 13.0 Å². The summed E-state index contributed by atoms with van der Waals surface area (Å²) in [6, 6.07) is 9.77. The quantitative estimate of drug-likeness (QED) is 0.511. The lowest BCUT2D eigenvalue weighted by molar-refractivity contribution is 0.309. The van der Waals surface area contributed by atoms with Gasteiger partial charge >= 0.3 is 0 Å². The Bertz CT molecular complexity index is 457. The van der Waals surface area contributed by atoms with Crippen molar-refractivity contribution in [1.29, 1.82) is 5.26 Å². The first-order valence-corrected chi connectivity index (χ1v) is 7.12. The van der Waals surface area contributed by atoms with Gasteiger partial charge in [-0.25, -0.2) is 0 Å². The number of halogens is 1. The molecule has 2 nitrogen and oxygen atoms in total. The lowest BCUT2D eigenvalue weighted by atomic mass is 10.1. The van der Waals surface area contributed by atoms with Gasteiger partial charge in [-0.15, -0.1) is 0 Å². The van der Waals surface area contributed by atoms with E-state index in [1.54, 1.807) is 0 Å². The molecule has 0 aromatic heterocycles. The molecule has 0 aliphatic heterocycles. The highest BCUT2D eigenvalue weighted by Gasteiger charge is 2.06. The lowest BCUT2D eigenvalue weighted by Crippen LogP contribution is -1.96. The van der Waals surface area contributed by atoms with Crippen molar-refractivity contribution in [2.45, 2.75) is 39.5 Å². The van der Waals surface area contributed by atoms with Gasteiger partial charge in [0.25, 0.3) is 0 Å². The van der Waals surface area contributed by atoms with Crippen LogP contribution >= 0.6 is 11.6 Å². The average molecular weight is 278 g/mol. The van der Waals surface area contributed by atoms with Crippen LogP contribution in [0, 0.1) is 11.3 Å². The van der Waals surface area contributed by atoms with E-state index in [9.17, 15) is 0 Å². The van der Waals surface area contributed by atoms with Crippen LogP contribution in [0.2, 0.25) is 0 Å². The van der Waals surface area contributed by atoms with Crippen LogP contribution in [0.5, 0.6) is 5.75 Å². The number of rotatable bonds is 7. The number of unbranched alkanes of at least 4 members (excludes halogenated alkanes) is 1. The fourth-order valence-corrected chi connectivity index (χ4v) is 1.93. The van der Waals surface area contributed by atoms with E-state index < -0.39 is 0 Å². The Morgan fingerprint density at radius 2 is 1.89 bits per heavy atom. The van der Waals surface area contributed by atoms with Crippen molar-refractivity contribution in [3.05, 3.63) is 35.4 Å². The molecule has 102 valence electrons. The van der Waals surface area contributed by atoms with Crippen LogP contribution in [-0.4, -0.2) is 6.61 Å². The third-order valence-electron chi connectivity index (χ3n) is 2.77. The summed E-state index contributed by atoms with van der Waals surface area (Å²) < 4.78 is 5.59. The third-order valence-corrected chi connectivity index (χ3v) is 3.22. The van der Waals surface area contributed by atoms with E-state index in [4.69, 9.17) is 21.6 Å². The summed E-state index contributed by atoms with van der Waals surface area (Å²) >= 11 is 6.25. The number of nitriles is 1. The molecule has 0 fully saturated rings. The smallest absolute Gasteiger partial charge is 0.119 e. The summed E-state index contributed by atoms with van der Waals surface area (Å²) in [5, 5.41) is 9.62. The second kappa shape index (κ2) is 8.61. The van der Waals surface area contributed by atoms with E-state index in [0.29, 0.717) is 17.0 Å². The van der Waals surface area contributed by atoms with E-state index in [-0.39, 0.29) is 0 Å². The average Bonchev–Trinajstić information content (AvgIpc) is 2.45. The molecular formula is C16H20ClNO. The van der Waals surface area contributed by atoms with Crippen molar-refractivity contribution in [2.75, 3.05) is 6.61 Å². The van der Waals surface area contributed by atoms with Crippen LogP contribution in [0.4, 0.5) is 0 Å². The Morgan fingerprint density at radius 3 is 2.42 bits per heavy atom. The molecular weight excluding hydrogens is 258 g/mol. The summed E-state index contributed by atoms with van der Waals surface area (Å²) in [5.41, 5.74) is 1.51. The van der Waals surface area contributed by atoms with Gasteiger partial charge in [-0.3, -0.25) is 0 Å². The van der Waals surface area contributed by atoms with E-state index >= 15 is 0 Å². The van der Waals surface area contributed by atoms with Gasteiger partial charge < -0.3 is 4.74 Å². The minimum Gasteiger partial charge on any atom is -0.494 e. The predicted octanol–water partition coefficient (Wildman–Crippen LogP) is 5.14. The molecule has 3 heteroatoms. The van der Waals surface area contributed by atoms with Crippen LogP contribution in [0.25, 0.3) is 5.03 Å². The SMILES string of the molecule is CCCCOc1ccc(C(Cl)=C(C#N)CCC)cc1. The molecule has 0 spiro atoms. The molecule has 19 heavy (non-hydrogen) atoms. The maximum Gasteiger partial charge on any atom is 0.119 e. The molecule has 0 atom stereocenters. The highest BCUT2D eigenvalue weighted by molar-refractivity contribution is 6.49. The molecule has 0 unspecified atom stereocenters. The van der Waals surface area contributed by atoms with Crippen molar-refractivity contribution in [1.82, 2.24) is 0 Å². The van der Waals surface area contributed by atoms with Gasteiger partial charge in [-0.1, -0.05) is 38.3 Å². The summed E-state index contributed by atoms with van der Waals surface area (Å²) in [7, 11) is 0. The van der Waals surface area contributed by atoms with Crippen molar-refractivity contribution < 1.29 is 4.74 Å². The lowest BCUT2D eigenvalue weighted by Gasteiger charge is -2.07. The van der Waals surface area contributed by atoms with Gasteiger partial charge in [-0.2, -0.15) is 5.26 Å². The minimum atomic E-state index is 0.546. The summed E-state index contributed by atoms with van der Waals surface area (Å²) in [5.74, 6) is 0.843. The standard InChI is InChI=1S/C16H20ClNO/c1-3-5-11-19-15-9-7-13(8-10-15)16(17)14(12-18)6-4-2/h7-10H,3-6,11H2,1-2H3. The number of hydrogen-bond donors (Lipinski definition) is 0. The molecule has 1 aromatic rings. The molecule has 0 heterocycles. The number of nitrogens with zero attached hydrogens (tertiary/aromatic N) is 1. The Labute approximate surface area is 120 Å². The van der Waals surface area contributed by atoms with E-state index in [1.807, 2.05) is 31.2 Å². The van der Waals surface area contributed by atoms with Crippen LogP contribution in [-0.2, 0) is 0 Å². The van der Waals surface area contributed by atoms with Gasteiger partial charge in [0, 0.05) is 5.57 Å². The molecule has 0 saturated heterocycles. The van der Waals surface area contributed by atoms with Gasteiger partial charge in [0.05, 0.1) is 17.7 Å². The number of benzene rings is 1. The molecule has 0 saturated carbocycles. The first kappa shape index (κ1) is 15.6. The predicted molar refractivity (Wildman–Crippen MR) is 80.1 cm³/mol. The maximum absolute atomic E-state index is 9.07. The summed E-state index contributed by atoms with van der Waals surface area (Å²) in [6.45, 7) is 4.90. The summed E-state index contributed by atoms with van der Waals surface area (Å²) in [4.78, 5) is 0.